The summed E-state index contributed by atoms with van der Waals surface area (Å²) in [6.45, 7) is 2.32. The Hall–Kier alpha value is -6.43. The van der Waals surface area contributed by atoms with E-state index in [1.165, 1.54) is 68.8 Å². The molecule has 0 heterocycles. The Morgan fingerprint density at radius 3 is 1.35 bits per heavy atom. The molecule has 0 fully saturated rings. The van der Waals surface area contributed by atoms with E-state index in [1.54, 1.807) is 36.4 Å². The average molecular weight is 1030 g/mol. The fourth-order valence-corrected chi connectivity index (χ4v) is 7.44. The molecular formula is C47H43Cl5N8O8. The minimum Gasteiger partial charge on any atom is -0.496 e. The first-order valence-electron chi connectivity index (χ1n) is 20.4. The van der Waals surface area contributed by atoms with Crippen molar-refractivity contribution in [2.24, 2.45) is 20.5 Å². The monoisotopic (exact) mass is 1020 g/mol. The van der Waals surface area contributed by atoms with Gasteiger partial charge in [-0.1, -0.05) is 23.2 Å². The Morgan fingerprint density at radius 2 is 0.941 bits per heavy atom. The van der Waals surface area contributed by atoms with Crippen molar-refractivity contribution in [3.63, 3.8) is 0 Å². The van der Waals surface area contributed by atoms with Gasteiger partial charge in [0.2, 0.25) is 12.1 Å². The van der Waals surface area contributed by atoms with E-state index in [9.17, 15) is 28.8 Å². The Labute approximate surface area is 416 Å². The lowest BCUT2D eigenvalue weighted by Crippen LogP contribution is -2.32. The summed E-state index contributed by atoms with van der Waals surface area (Å²) in [6, 6.07) is 19.8. The SMILES string of the molecule is COc1ccc(NC(=O)c2cc(N=NC(C(C)=O)C(=O)Nc3ccc(NC(=O)C(N=Nc4ccc(Cl)c(C(=O)Nc5ccc(OC)c(CCCl)c5)c4)C(C)=O)c(CCl)c3)ccc2Cl)cc1CCCl. The largest absolute Gasteiger partial charge is 0.496 e. The maximum atomic E-state index is 13.4. The summed E-state index contributed by atoms with van der Waals surface area (Å²) in [5.74, 6) is -2.29. The number of carbonyl (C=O) groups excluding carboxylic acids is 6. The molecule has 0 spiro atoms. The number of nitrogens with one attached hydrogen (secondary N) is 4. The molecule has 0 aliphatic carbocycles. The van der Waals surface area contributed by atoms with Gasteiger partial charge in [-0.2, -0.15) is 20.5 Å². The van der Waals surface area contributed by atoms with Crippen LogP contribution in [0.4, 0.5) is 34.1 Å². The minimum atomic E-state index is -1.61. The maximum Gasteiger partial charge on any atom is 0.258 e. The number of nitrogens with zero attached hydrogens (tertiary/aromatic N) is 4. The number of hydrogen-bond acceptors (Lipinski definition) is 12. The molecule has 21 heteroatoms. The standard InChI is InChI=1S/C47H43Cl5N8O8/c1-25(61)42(59-57-33-5-10-37(51)35(22-33)44(63)53-31-8-13-40(67-3)27(19-31)15-17-48)46(65)55-30-7-12-39(29(21-30)24-50)56-47(66)43(26(2)62)60-58-34-6-11-38(52)36(23-34)45(64)54-32-9-14-41(68-4)28(20-32)16-18-49/h5-14,19-23,42-43H,15-18,24H2,1-4H3,(H,53,63)(H,54,64)(H,55,65)(H,56,66). The van der Waals surface area contributed by atoms with Crippen LogP contribution in [0, 0.1) is 0 Å². The molecule has 0 saturated carbocycles. The molecule has 68 heavy (non-hydrogen) atoms. The molecule has 4 N–H and O–H groups in total. The van der Waals surface area contributed by atoms with Crippen LogP contribution in [0.1, 0.15) is 51.3 Å². The van der Waals surface area contributed by atoms with E-state index in [0.717, 1.165) is 25.0 Å². The number of ketones is 2. The molecule has 2 atom stereocenters. The molecule has 5 rings (SSSR count). The zero-order valence-electron chi connectivity index (χ0n) is 36.8. The quantitative estimate of drug-likeness (QED) is 0.0314. The van der Waals surface area contributed by atoms with Gasteiger partial charge in [-0.25, -0.2) is 0 Å². The van der Waals surface area contributed by atoms with Gasteiger partial charge in [-0.15, -0.1) is 34.8 Å². The summed E-state index contributed by atoms with van der Waals surface area (Å²) in [6.07, 6.45) is 1.02. The number of aryl methyl sites for hydroxylation is 2. The van der Waals surface area contributed by atoms with Crippen molar-refractivity contribution in [1.29, 1.82) is 0 Å². The number of rotatable bonds is 21. The van der Waals surface area contributed by atoms with E-state index in [-0.39, 0.29) is 49.8 Å². The van der Waals surface area contributed by atoms with Gasteiger partial charge in [0.05, 0.1) is 46.8 Å². The average Bonchev–Trinajstić information content (AvgIpc) is 3.30. The molecule has 5 aromatic carbocycles. The highest BCUT2D eigenvalue weighted by Crippen LogP contribution is 2.30. The number of azo groups is 2. The number of ether oxygens (including phenoxy) is 2. The van der Waals surface area contributed by atoms with Crippen molar-refractivity contribution in [2.75, 3.05) is 47.2 Å². The lowest BCUT2D eigenvalue weighted by Gasteiger charge is -2.15. The highest BCUT2D eigenvalue weighted by molar-refractivity contribution is 6.35. The number of Topliss-reactive ketones (excluding diaryl/α,β-unsaturated/α-hetero) is 2. The fourth-order valence-electron chi connectivity index (χ4n) is 6.40. The van der Waals surface area contributed by atoms with E-state index in [0.29, 0.717) is 53.0 Å². The van der Waals surface area contributed by atoms with Gasteiger partial charge in [-0.05, 0) is 134 Å². The summed E-state index contributed by atoms with van der Waals surface area (Å²) in [5, 5.41) is 27.1. The Bertz CT molecular complexity index is 2790. The second-order valence-corrected chi connectivity index (χ2v) is 16.4. The molecule has 0 aromatic heterocycles. The van der Waals surface area contributed by atoms with E-state index >= 15 is 0 Å². The lowest BCUT2D eigenvalue weighted by molar-refractivity contribution is -0.127. The van der Waals surface area contributed by atoms with Crippen LogP contribution in [0.25, 0.3) is 0 Å². The number of halogens is 5. The predicted molar refractivity (Wildman–Crippen MR) is 265 cm³/mol. The first-order valence-corrected chi connectivity index (χ1v) is 22.8. The van der Waals surface area contributed by atoms with Crippen LogP contribution >= 0.6 is 58.0 Å². The molecule has 16 nitrogen and oxygen atoms in total. The summed E-state index contributed by atoms with van der Waals surface area (Å²) in [4.78, 5) is 78.6. The Balaban J connectivity index is 1.25. The second-order valence-electron chi connectivity index (χ2n) is 14.6. The number of carbonyl (C=O) groups is 6. The van der Waals surface area contributed by atoms with Crippen LogP contribution in [0.2, 0.25) is 10.0 Å². The van der Waals surface area contributed by atoms with Crippen LogP contribution in [0.5, 0.6) is 11.5 Å². The highest BCUT2D eigenvalue weighted by atomic mass is 35.5. The highest BCUT2D eigenvalue weighted by Gasteiger charge is 2.26. The number of alkyl halides is 3. The van der Waals surface area contributed by atoms with Crippen LogP contribution < -0.4 is 30.7 Å². The van der Waals surface area contributed by atoms with Crippen molar-refractivity contribution < 1.29 is 38.2 Å². The first-order chi connectivity index (χ1) is 32.6. The van der Waals surface area contributed by atoms with Gasteiger partial charge < -0.3 is 30.7 Å². The van der Waals surface area contributed by atoms with E-state index in [4.69, 9.17) is 67.5 Å². The number of amides is 4. The molecule has 5 aromatic rings. The molecule has 0 saturated heterocycles. The molecule has 0 radical (unpaired) electrons. The molecular weight excluding hydrogens is 982 g/mol. The number of methoxy groups -OCH3 is 2. The maximum absolute atomic E-state index is 13.4. The van der Waals surface area contributed by atoms with Crippen molar-refractivity contribution >= 4 is 127 Å². The molecule has 0 bridgehead atoms. The molecule has 2 unspecified atom stereocenters. The smallest absolute Gasteiger partial charge is 0.258 e. The van der Waals surface area contributed by atoms with Gasteiger partial charge in [0.25, 0.3) is 23.6 Å². The number of hydrogen-bond donors (Lipinski definition) is 4. The fraction of sp³-hybridized carbons (Fsp3) is 0.234. The molecule has 354 valence electrons. The summed E-state index contributed by atoms with van der Waals surface area (Å²) in [5.41, 5.74) is 3.62. The third kappa shape index (κ3) is 14.1. The van der Waals surface area contributed by atoms with E-state index < -0.39 is 47.3 Å². The third-order valence-corrected chi connectivity index (χ3v) is 11.1. The van der Waals surface area contributed by atoms with Crippen LogP contribution in [0.15, 0.2) is 111 Å². The van der Waals surface area contributed by atoms with E-state index in [2.05, 4.69) is 41.7 Å². The topological polar surface area (TPSA) is 218 Å². The number of benzene rings is 5. The van der Waals surface area contributed by atoms with Crippen molar-refractivity contribution in [2.45, 2.75) is 44.7 Å². The first kappa shape index (κ1) is 52.5. The Morgan fingerprint density at radius 1 is 0.529 bits per heavy atom. The van der Waals surface area contributed by atoms with Crippen LogP contribution in [-0.4, -0.2) is 73.3 Å². The van der Waals surface area contributed by atoms with Gasteiger partial charge >= 0.3 is 0 Å². The normalized spacial score (nSPS) is 12.0. The van der Waals surface area contributed by atoms with Crippen molar-refractivity contribution in [1.82, 2.24) is 0 Å². The van der Waals surface area contributed by atoms with Gasteiger partial charge in [0.1, 0.15) is 11.5 Å². The molecule has 0 aliphatic heterocycles. The number of anilines is 4. The lowest BCUT2D eigenvalue weighted by atomic mass is 10.1. The summed E-state index contributed by atoms with van der Waals surface area (Å²) < 4.78 is 10.7. The molecule has 4 amide bonds. The zero-order valence-corrected chi connectivity index (χ0v) is 40.6. The summed E-state index contributed by atoms with van der Waals surface area (Å²) in [7, 11) is 3.07. The third-order valence-electron chi connectivity index (χ3n) is 9.81. The predicted octanol–water partition coefficient (Wildman–Crippen LogP) is 11.2. The van der Waals surface area contributed by atoms with Gasteiger partial charge in [-0.3, -0.25) is 28.8 Å². The van der Waals surface area contributed by atoms with Crippen molar-refractivity contribution in [3.8, 4) is 11.5 Å². The van der Waals surface area contributed by atoms with Gasteiger partial charge in [0.15, 0.2) is 11.6 Å². The van der Waals surface area contributed by atoms with Crippen LogP contribution in [0.3, 0.4) is 0 Å². The minimum absolute atomic E-state index is 0.0547. The van der Waals surface area contributed by atoms with Crippen molar-refractivity contribution in [3.05, 3.63) is 129 Å². The summed E-state index contributed by atoms with van der Waals surface area (Å²) >= 11 is 30.8. The van der Waals surface area contributed by atoms with Gasteiger partial charge in [0, 0.05) is 40.4 Å². The van der Waals surface area contributed by atoms with E-state index in [1.807, 2.05) is 0 Å². The van der Waals surface area contributed by atoms with Crippen LogP contribution in [-0.2, 0) is 37.9 Å². The second kappa shape index (κ2) is 25.1. The Kier molecular flexibility index (Phi) is 19.4. The molecule has 0 aliphatic rings. The zero-order chi connectivity index (χ0) is 49.5.